The summed E-state index contributed by atoms with van der Waals surface area (Å²) in [5, 5.41) is 6.76. The van der Waals surface area contributed by atoms with Crippen LogP contribution in [0.1, 0.15) is 30.2 Å². The van der Waals surface area contributed by atoms with Gasteiger partial charge in [-0.3, -0.25) is 9.89 Å². The van der Waals surface area contributed by atoms with Crippen LogP contribution in [0.15, 0.2) is 52.1 Å². The van der Waals surface area contributed by atoms with E-state index in [1.807, 2.05) is 32.3 Å². The lowest BCUT2D eigenvalue weighted by Gasteiger charge is -2.24. The normalized spacial score (nSPS) is 16.6. The zero-order valence-electron chi connectivity index (χ0n) is 16.0. The van der Waals surface area contributed by atoms with Crippen LogP contribution in [0.4, 0.5) is 4.39 Å². The number of hydrogen-bond acceptors (Lipinski definition) is 3. The van der Waals surface area contributed by atoms with E-state index in [1.165, 1.54) is 6.07 Å². The van der Waals surface area contributed by atoms with Crippen LogP contribution in [0, 0.1) is 5.82 Å². The predicted molar refractivity (Wildman–Crippen MR) is 117 cm³/mol. The number of guanidine groups is 1. The number of nitrogens with zero attached hydrogens (tertiary/aromatic N) is 2. The molecule has 1 heterocycles. The maximum atomic E-state index is 13.5. The predicted octanol–water partition coefficient (Wildman–Crippen LogP) is 3.54. The van der Waals surface area contributed by atoms with Gasteiger partial charge in [0.05, 0.1) is 12.3 Å². The van der Waals surface area contributed by atoms with Crippen molar-refractivity contribution in [1.82, 2.24) is 15.5 Å². The van der Waals surface area contributed by atoms with Gasteiger partial charge in [-0.2, -0.15) is 0 Å². The molecule has 1 saturated carbocycles. The van der Waals surface area contributed by atoms with Gasteiger partial charge in [0, 0.05) is 25.6 Å². The molecule has 1 aromatic carbocycles. The van der Waals surface area contributed by atoms with Crippen LogP contribution in [0.5, 0.6) is 0 Å². The highest BCUT2D eigenvalue weighted by molar-refractivity contribution is 14.0. The third-order valence-corrected chi connectivity index (χ3v) is 5.07. The molecule has 27 heavy (non-hydrogen) atoms. The summed E-state index contributed by atoms with van der Waals surface area (Å²) in [4.78, 5) is 6.42. The summed E-state index contributed by atoms with van der Waals surface area (Å²) in [5.74, 6) is 1.48. The molecule has 7 heteroatoms. The summed E-state index contributed by atoms with van der Waals surface area (Å²) in [7, 11) is 5.80. The van der Waals surface area contributed by atoms with Crippen molar-refractivity contribution >= 4 is 29.9 Å². The van der Waals surface area contributed by atoms with E-state index in [-0.39, 0.29) is 41.3 Å². The monoisotopic (exact) mass is 486 g/mol. The Labute approximate surface area is 177 Å². The quantitative estimate of drug-likeness (QED) is 0.357. The molecule has 5 nitrogen and oxygen atoms in total. The SMILES string of the molecule is CN=C(NCC(c1ccco1)N(C)C)NCC1(c2cccc(F)c2)CC1.I. The maximum absolute atomic E-state index is 13.5. The van der Waals surface area contributed by atoms with E-state index >= 15 is 0 Å². The molecule has 2 aromatic rings. The van der Waals surface area contributed by atoms with E-state index < -0.39 is 0 Å². The number of nitrogens with one attached hydrogen (secondary N) is 2. The zero-order chi connectivity index (χ0) is 18.6. The van der Waals surface area contributed by atoms with E-state index in [1.54, 1.807) is 25.4 Å². The molecule has 1 aliphatic rings. The molecular weight excluding hydrogens is 458 g/mol. The van der Waals surface area contributed by atoms with Crippen molar-refractivity contribution < 1.29 is 8.81 Å². The van der Waals surface area contributed by atoms with Gasteiger partial charge in [0.2, 0.25) is 0 Å². The van der Waals surface area contributed by atoms with Crippen LogP contribution in [-0.4, -0.2) is 45.1 Å². The first-order valence-electron chi connectivity index (χ1n) is 8.94. The summed E-state index contributed by atoms with van der Waals surface area (Å²) in [6.07, 6.45) is 3.81. The average molecular weight is 486 g/mol. The van der Waals surface area contributed by atoms with Crippen molar-refractivity contribution in [2.45, 2.75) is 24.3 Å². The van der Waals surface area contributed by atoms with Gasteiger partial charge in [0.1, 0.15) is 11.6 Å². The first-order valence-corrected chi connectivity index (χ1v) is 8.94. The topological polar surface area (TPSA) is 52.8 Å². The van der Waals surface area contributed by atoms with Crippen LogP contribution in [0.2, 0.25) is 0 Å². The minimum atomic E-state index is -0.177. The van der Waals surface area contributed by atoms with Gasteiger partial charge in [-0.1, -0.05) is 12.1 Å². The molecule has 0 radical (unpaired) electrons. The third-order valence-electron chi connectivity index (χ3n) is 5.07. The Morgan fingerprint density at radius 1 is 1.26 bits per heavy atom. The van der Waals surface area contributed by atoms with Crippen molar-refractivity contribution in [1.29, 1.82) is 0 Å². The Morgan fingerprint density at radius 3 is 2.59 bits per heavy atom. The number of benzene rings is 1. The molecule has 148 valence electrons. The lowest BCUT2D eigenvalue weighted by atomic mass is 9.96. The summed E-state index contributed by atoms with van der Waals surface area (Å²) < 4.78 is 19.1. The zero-order valence-corrected chi connectivity index (χ0v) is 18.4. The van der Waals surface area contributed by atoms with Crippen LogP contribution in [0.25, 0.3) is 0 Å². The Balaban J connectivity index is 0.00000261. The number of hydrogen-bond donors (Lipinski definition) is 2. The summed E-state index contributed by atoms with van der Waals surface area (Å²) in [5.41, 5.74) is 1.07. The van der Waals surface area contributed by atoms with Crippen LogP contribution < -0.4 is 10.6 Å². The first kappa shape index (κ1) is 21.7. The minimum absolute atomic E-state index is 0. The molecule has 0 bridgehead atoms. The van der Waals surface area contributed by atoms with Gasteiger partial charge in [-0.05, 0) is 56.8 Å². The van der Waals surface area contributed by atoms with Gasteiger partial charge in [0.15, 0.2) is 5.96 Å². The highest BCUT2D eigenvalue weighted by Crippen LogP contribution is 2.47. The Kier molecular flexibility index (Phi) is 7.67. The van der Waals surface area contributed by atoms with Crippen molar-refractivity contribution in [3.8, 4) is 0 Å². The molecule has 0 saturated heterocycles. The average Bonchev–Trinajstić information content (AvgIpc) is 3.23. The van der Waals surface area contributed by atoms with Gasteiger partial charge < -0.3 is 15.1 Å². The summed E-state index contributed by atoms with van der Waals surface area (Å²) in [6.45, 7) is 1.41. The van der Waals surface area contributed by atoms with Crippen LogP contribution in [-0.2, 0) is 5.41 Å². The first-order chi connectivity index (χ1) is 12.5. The molecule has 1 aromatic heterocycles. The lowest BCUT2D eigenvalue weighted by Crippen LogP contribution is -2.44. The number of likely N-dealkylation sites (N-methyl/N-ethyl adjacent to an activating group) is 1. The summed E-state index contributed by atoms with van der Waals surface area (Å²) >= 11 is 0. The molecule has 0 aliphatic heterocycles. The standard InChI is InChI=1S/C20H27FN4O.HI/c1-22-19(23-13-17(25(2)3)18-8-5-11-26-18)24-14-20(9-10-20)15-6-4-7-16(21)12-15;/h4-8,11-12,17H,9-10,13-14H2,1-3H3,(H2,22,23,24);1H. The number of aliphatic imine (C=N–C) groups is 1. The van der Waals surface area contributed by atoms with E-state index in [0.29, 0.717) is 6.54 Å². The largest absolute Gasteiger partial charge is 0.468 e. The van der Waals surface area contributed by atoms with Gasteiger partial charge in [-0.15, -0.1) is 24.0 Å². The summed E-state index contributed by atoms with van der Waals surface area (Å²) in [6, 6.07) is 10.9. The fourth-order valence-electron chi connectivity index (χ4n) is 3.22. The van der Waals surface area contributed by atoms with Gasteiger partial charge in [-0.25, -0.2) is 4.39 Å². The molecule has 1 atom stereocenters. The maximum Gasteiger partial charge on any atom is 0.191 e. The molecule has 0 spiro atoms. The van der Waals surface area contributed by atoms with Crippen molar-refractivity contribution in [2.75, 3.05) is 34.2 Å². The molecule has 0 amide bonds. The second kappa shape index (κ2) is 9.54. The fourth-order valence-corrected chi connectivity index (χ4v) is 3.22. The third kappa shape index (κ3) is 5.44. The lowest BCUT2D eigenvalue weighted by molar-refractivity contribution is 0.258. The van der Waals surface area contributed by atoms with E-state index in [9.17, 15) is 4.39 Å². The Bertz CT molecular complexity index is 744. The highest BCUT2D eigenvalue weighted by atomic mass is 127. The highest BCUT2D eigenvalue weighted by Gasteiger charge is 2.44. The Hall–Kier alpha value is -1.61. The molecule has 1 fully saturated rings. The Morgan fingerprint density at radius 2 is 2.04 bits per heavy atom. The molecule has 1 aliphatic carbocycles. The number of rotatable bonds is 7. The second-order valence-electron chi connectivity index (χ2n) is 7.09. The molecule has 2 N–H and O–H groups in total. The second-order valence-corrected chi connectivity index (χ2v) is 7.09. The molecule has 3 rings (SSSR count). The van der Waals surface area contributed by atoms with Crippen molar-refractivity contribution in [2.24, 2.45) is 4.99 Å². The van der Waals surface area contributed by atoms with E-state index in [2.05, 4.69) is 20.5 Å². The van der Waals surface area contributed by atoms with E-state index in [4.69, 9.17) is 4.42 Å². The van der Waals surface area contributed by atoms with Crippen molar-refractivity contribution in [3.05, 3.63) is 59.8 Å². The van der Waals surface area contributed by atoms with Crippen LogP contribution in [0.3, 0.4) is 0 Å². The molecule has 1 unspecified atom stereocenters. The van der Waals surface area contributed by atoms with Gasteiger partial charge >= 0.3 is 0 Å². The van der Waals surface area contributed by atoms with Gasteiger partial charge in [0.25, 0.3) is 0 Å². The minimum Gasteiger partial charge on any atom is -0.468 e. The van der Waals surface area contributed by atoms with Crippen LogP contribution >= 0.6 is 24.0 Å². The number of halogens is 2. The molecular formula is C20H28FIN4O. The number of furan rings is 1. The van der Waals surface area contributed by atoms with Crippen molar-refractivity contribution in [3.63, 3.8) is 0 Å². The smallest absolute Gasteiger partial charge is 0.191 e. The van der Waals surface area contributed by atoms with E-state index in [0.717, 1.165) is 36.7 Å². The fraction of sp³-hybridized carbons (Fsp3) is 0.450.